The van der Waals surface area contributed by atoms with Gasteiger partial charge in [-0.25, -0.2) is 4.98 Å². The summed E-state index contributed by atoms with van der Waals surface area (Å²) in [6.45, 7) is 3.63. The summed E-state index contributed by atoms with van der Waals surface area (Å²) in [5.41, 5.74) is 1.84. The van der Waals surface area contributed by atoms with E-state index in [0.29, 0.717) is 26.1 Å². The number of aliphatic hydroxyl groups is 1. The van der Waals surface area contributed by atoms with Crippen molar-refractivity contribution >= 4 is 16.9 Å². The zero-order valence-electron chi connectivity index (χ0n) is 14.0. The summed E-state index contributed by atoms with van der Waals surface area (Å²) in [6, 6.07) is 6.05. The molecular weight excluding hydrogens is 292 g/mol. The second-order valence-corrected chi connectivity index (χ2v) is 6.69. The average molecular weight is 316 g/mol. The van der Waals surface area contributed by atoms with Crippen LogP contribution in [0.3, 0.4) is 0 Å². The molecule has 0 aliphatic carbocycles. The topological polar surface area (TPSA) is 72.5 Å². The molecule has 3 rings (SSSR count). The Morgan fingerprint density at radius 3 is 3.00 bits per heavy atom. The van der Waals surface area contributed by atoms with E-state index in [1.807, 2.05) is 37.1 Å². The molecule has 124 valence electrons. The van der Waals surface area contributed by atoms with E-state index in [2.05, 4.69) is 9.97 Å². The van der Waals surface area contributed by atoms with Gasteiger partial charge in [0, 0.05) is 20.1 Å². The zero-order valence-corrected chi connectivity index (χ0v) is 14.0. The number of benzene rings is 1. The first-order valence-electron chi connectivity index (χ1n) is 8.00. The molecule has 6 nitrogen and oxygen atoms in total. The highest BCUT2D eigenvalue weighted by molar-refractivity contribution is 5.85. The number of carbonyl (C=O) groups excluding carboxylic acids is 1. The number of aryl methyl sites for hydroxylation is 1. The van der Waals surface area contributed by atoms with Crippen LogP contribution in [0.1, 0.15) is 24.2 Å². The maximum absolute atomic E-state index is 12.2. The van der Waals surface area contributed by atoms with Crippen LogP contribution in [0.15, 0.2) is 18.2 Å². The third kappa shape index (κ3) is 3.09. The maximum Gasteiger partial charge on any atom is 0.255 e. The number of carbonyl (C=O) groups is 1. The van der Waals surface area contributed by atoms with Crippen LogP contribution in [-0.4, -0.2) is 63.6 Å². The number of likely N-dealkylation sites (N-methyl/N-ethyl adjacent to an activating group) is 2. The summed E-state index contributed by atoms with van der Waals surface area (Å²) in [6.07, 6.45) is 1.34. The summed E-state index contributed by atoms with van der Waals surface area (Å²) in [4.78, 5) is 23.7. The van der Waals surface area contributed by atoms with Crippen molar-refractivity contribution in [1.82, 2.24) is 19.8 Å². The minimum absolute atomic E-state index is 0.184. The number of para-hydroxylation sites is 1. The highest BCUT2D eigenvalue weighted by Gasteiger charge is 2.41. The Labute approximate surface area is 136 Å². The molecule has 2 aromatic rings. The molecule has 1 saturated heterocycles. The Hall–Kier alpha value is -1.92. The Bertz CT molecular complexity index is 726. The standard InChI is InChI=1S/C17H24N4O2/c1-12-6-4-7-13-15(12)19-14(18-13)10-20(2)11-17(23)8-5-9-21(3)16(17)22/h4,6-7,23H,5,8-11H2,1-3H3,(H,18,19)/t17-/m1/s1. The number of imidazole rings is 1. The van der Waals surface area contributed by atoms with E-state index in [9.17, 15) is 9.90 Å². The van der Waals surface area contributed by atoms with E-state index < -0.39 is 5.60 Å². The minimum Gasteiger partial charge on any atom is -0.379 e. The lowest BCUT2D eigenvalue weighted by Gasteiger charge is -2.38. The van der Waals surface area contributed by atoms with Crippen molar-refractivity contribution in [2.24, 2.45) is 0 Å². The van der Waals surface area contributed by atoms with Gasteiger partial charge in [-0.2, -0.15) is 0 Å². The molecule has 2 heterocycles. The maximum atomic E-state index is 12.2. The van der Waals surface area contributed by atoms with Gasteiger partial charge in [-0.3, -0.25) is 9.69 Å². The monoisotopic (exact) mass is 316 g/mol. The van der Waals surface area contributed by atoms with E-state index in [4.69, 9.17) is 0 Å². The van der Waals surface area contributed by atoms with Crippen LogP contribution >= 0.6 is 0 Å². The number of likely N-dealkylation sites (tertiary alicyclic amines) is 1. The number of aromatic nitrogens is 2. The van der Waals surface area contributed by atoms with Crippen molar-refractivity contribution < 1.29 is 9.90 Å². The highest BCUT2D eigenvalue weighted by atomic mass is 16.3. The van der Waals surface area contributed by atoms with Gasteiger partial charge < -0.3 is 15.0 Å². The predicted molar refractivity (Wildman–Crippen MR) is 89.0 cm³/mol. The number of rotatable bonds is 4. The summed E-state index contributed by atoms with van der Waals surface area (Å²) in [7, 11) is 3.65. The fourth-order valence-electron chi connectivity index (χ4n) is 3.38. The van der Waals surface area contributed by atoms with Crippen LogP contribution in [0.25, 0.3) is 11.0 Å². The molecule has 1 aliphatic heterocycles. The molecule has 2 N–H and O–H groups in total. The highest BCUT2D eigenvalue weighted by Crippen LogP contribution is 2.23. The number of H-pyrrole nitrogens is 1. The van der Waals surface area contributed by atoms with Gasteiger partial charge in [-0.1, -0.05) is 12.1 Å². The fraction of sp³-hybridized carbons (Fsp3) is 0.529. The summed E-state index contributed by atoms with van der Waals surface area (Å²) < 4.78 is 0. The number of nitrogens with one attached hydrogen (secondary N) is 1. The summed E-state index contributed by atoms with van der Waals surface area (Å²) >= 11 is 0. The van der Waals surface area contributed by atoms with E-state index in [1.54, 1.807) is 11.9 Å². The van der Waals surface area contributed by atoms with Gasteiger partial charge in [-0.05, 0) is 38.4 Å². The van der Waals surface area contributed by atoms with Crippen LogP contribution in [0.5, 0.6) is 0 Å². The van der Waals surface area contributed by atoms with Gasteiger partial charge in [-0.15, -0.1) is 0 Å². The molecule has 1 atom stereocenters. The summed E-state index contributed by atoms with van der Waals surface area (Å²) in [5, 5.41) is 10.7. The third-order valence-electron chi connectivity index (χ3n) is 4.54. The first-order valence-corrected chi connectivity index (χ1v) is 8.00. The molecule has 6 heteroatoms. The Morgan fingerprint density at radius 1 is 1.48 bits per heavy atom. The van der Waals surface area contributed by atoms with Crippen molar-refractivity contribution in [1.29, 1.82) is 0 Å². The van der Waals surface area contributed by atoms with Crippen LogP contribution in [-0.2, 0) is 11.3 Å². The largest absolute Gasteiger partial charge is 0.379 e. The molecule has 1 amide bonds. The molecule has 1 aromatic heterocycles. The molecule has 0 radical (unpaired) electrons. The van der Waals surface area contributed by atoms with Crippen LogP contribution in [0, 0.1) is 6.92 Å². The number of nitrogens with zero attached hydrogens (tertiary/aromatic N) is 3. The predicted octanol–water partition coefficient (Wildman–Crippen LogP) is 1.29. The summed E-state index contributed by atoms with van der Waals surface area (Å²) in [5.74, 6) is 0.660. The Balaban J connectivity index is 1.72. The van der Waals surface area contributed by atoms with Gasteiger partial charge in [0.1, 0.15) is 5.82 Å². The molecule has 0 spiro atoms. The zero-order chi connectivity index (χ0) is 16.6. The fourth-order valence-corrected chi connectivity index (χ4v) is 3.38. The molecule has 1 fully saturated rings. The SMILES string of the molecule is Cc1cccc2[nH]c(CN(C)C[C@]3(O)CCCN(C)C3=O)nc12. The third-order valence-corrected chi connectivity index (χ3v) is 4.54. The van der Waals surface area contributed by atoms with Crippen molar-refractivity contribution in [3.63, 3.8) is 0 Å². The van der Waals surface area contributed by atoms with Crippen LogP contribution in [0.2, 0.25) is 0 Å². The molecule has 1 aromatic carbocycles. The minimum atomic E-state index is -1.29. The molecule has 0 unspecified atom stereocenters. The first kappa shape index (κ1) is 16.0. The quantitative estimate of drug-likeness (QED) is 0.891. The average Bonchev–Trinajstić information content (AvgIpc) is 2.88. The number of aromatic amines is 1. The van der Waals surface area contributed by atoms with Gasteiger partial charge in [0.05, 0.1) is 17.6 Å². The molecule has 23 heavy (non-hydrogen) atoms. The van der Waals surface area contributed by atoms with E-state index >= 15 is 0 Å². The van der Waals surface area contributed by atoms with E-state index in [-0.39, 0.29) is 5.91 Å². The van der Waals surface area contributed by atoms with Crippen molar-refractivity contribution in [2.75, 3.05) is 27.2 Å². The normalized spacial score (nSPS) is 22.3. The first-order chi connectivity index (χ1) is 10.9. The van der Waals surface area contributed by atoms with Crippen LogP contribution in [0.4, 0.5) is 0 Å². The smallest absolute Gasteiger partial charge is 0.255 e. The van der Waals surface area contributed by atoms with Crippen molar-refractivity contribution in [3.05, 3.63) is 29.6 Å². The number of fused-ring (bicyclic) bond motifs is 1. The number of amides is 1. The van der Waals surface area contributed by atoms with Crippen LogP contribution < -0.4 is 0 Å². The second kappa shape index (κ2) is 5.94. The van der Waals surface area contributed by atoms with Crippen molar-refractivity contribution in [3.8, 4) is 0 Å². The molecule has 1 aliphatic rings. The molecule has 0 saturated carbocycles. The molecular formula is C17H24N4O2. The molecule has 0 bridgehead atoms. The lowest BCUT2D eigenvalue weighted by atomic mass is 9.91. The number of hydrogen-bond donors (Lipinski definition) is 2. The van der Waals surface area contributed by atoms with Gasteiger partial charge >= 0.3 is 0 Å². The lowest BCUT2D eigenvalue weighted by molar-refractivity contribution is -0.157. The Kier molecular flexibility index (Phi) is 4.12. The number of hydrogen-bond acceptors (Lipinski definition) is 4. The van der Waals surface area contributed by atoms with Gasteiger partial charge in [0.25, 0.3) is 5.91 Å². The Morgan fingerprint density at radius 2 is 2.26 bits per heavy atom. The second-order valence-electron chi connectivity index (χ2n) is 6.69. The van der Waals surface area contributed by atoms with Crippen molar-refractivity contribution in [2.45, 2.75) is 31.9 Å². The van der Waals surface area contributed by atoms with E-state index in [0.717, 1.165) is 28.8 Å². The number of piperidine rings is 1. The van der Waals surface area contributed by atoms with Gasteiger partial charge in [0.2, 0.25) is 0 Å². The van der Waals surface area contributed by atoms with E-state index in [1.165, 1.54) is 0 Å². The lowest BCUT2D eigenvalue weighted by Crippen LogP contribution is -2.56. The van der Waals surface area contributed by atoms with Gasteiger partial charge in [0.15, 0.2) is 5.60 Å².